The first-order chi connectivity index (χ1) is 9.22. The third-order valence-electron chi connectivity index (χ3n) is 2.95. The second-order valence-electron chi connectivity index (χ2n) is 4.29. The Bertz CT molecular complexity index is 522. The quantitative estimate of drug-likeness (QED) is 0.586. The highest BCUT2D eigenvalue weighted by Gasteiger charge is 1.96. The lowest BCUT2D eigenvalue weighted by molar-refractivity contribution is 1.48. The topological polar surface area (TPSA) is 0 Å². The first-order valence-electron chi connectivity index (χ1n) is 6.58. The van der Waals surface area contributed by atoms with E-state index < -0.39 is 0 Å². The van der Waals surface area contributed by atoms with Gasteiger partial charge in [0, 0.05) is 0 Å². The van der Waals surface area contributed by atoms with Gasteiger partial charge in [-0.05, 0) is 43.1 Å². The summed E-state index contributed by atoms with van der Waals surface area (Å²) in [6.45, 7) is 10.1. The van der Waals surface area contributed by atoms with Crippen LogP contribution in [0.4, 0.5) is 0 Å². The molecule has 0 aromatic heterocycles. The van der Waals surface area contributed by atoms with Crippen molar-refractivity contribution >= 4 is 5.57 Å². The van der Waals surface area contributed by atoms with E-state index in [0.717, 1.165) is 5.57 Å². The van der Waals surface area contributed by atoms with Crippen LogP contribution in [0.25, 0.3) is 5.57 Å². The van der Waals surface area contributed by atoms with E-state index in [1.165, 1.54) is 16.7 Å². The van der Waals surface area contributed by atoms with E-state index in [0.29, 0.717) is 0 Å². The molecule has 0 saturated carbocycles. The highest BCUT2D eigenvalue weighted by Crippen LogP contribution is 2.17. The molecule has 0 aliphatic heterocycles. The van der Waals surface area contributed by atoms with Crippen molar-refractivity contribution in [3.05, 3.63) is 90.1 Å². The molecule has 1 aromatic carbocycles. The average molecular weight is 250 g/mol. The molecule has 0 radical (unpaired) electrons. The van der Waals surface area contributed by atoms with Gasteiger partial charge in [0.2, 0.25) is 0 Å². The fraction of sp³-hybridized carbons (Fsp3) is 0.158. The smallest absolute Gasteiger partial charge is 0.0193 e. The second kappa shape index (κ2) is 8.10. The predicted octanol–water partition coefficient (Wildman–Crippen LogP) is 5.72. The summed E-state index contributed by atoms with van der Waals surface area (Å²) >= 11 is 0. The van der Waals surface area contributed by atoms with Crippen LogP contribution >= 0.6 is 0 Å². The third-order valence-corrected chi connectivity index (χ3v) is 2.95. The normalized spacial score (nSPS) is 13.9. The number of rotatable bonds is 5. The lowest BCUT2D eigenvalue weighted by Gasteiger charge is -2.03. The van der Waals surface area contributed by atoms with Crippen LogP contribution in [0, 0.1) is 0 Å². The Balaban J connectivity index is 3.03. The van der Waals surface area contributed by atoms with E-state index in [1.807, 2.05) is 32.1 Å². The lowest BCUT2D eigenvalue weighted by Crippen LogP contribution is -1.83. The molecule has 0 fully saturated rings. The van der Waals surface area contributed by atoms with Crippen LogP contribution in [0.3, 0.4) is 0 Å². The van der Waals surface area contributed by atoms with E-state index >= 15 is 0 Å². The van der Waals surface area contributed by atoms with Gasteiger partial charge in [-0.15, -0.1) is 0 Å². The molecule has 19 heavy (non-hydrogen) atoms. The molecule has 0 aliphatic rings. The predicted molar refractivity (Wildman–Crippen MR) is 86.9 cm³/mol. The Morgan fingerprint density at radius 3 is 2.21 bits per heavy atom. The Kier molecular flexibility index (Phi) is 6.38. The minimum atomic E-state index is 1.14. The van der Waals surface area contributed by atoms with E-state index in [9.17, 15) is 0 Å². The number of hydrogen-bond donors (Lipinski definition) is 0. The molecule has 1 rings (SSSR count). The van der Waals surface area contributed by atoms with Crippen LogP contribution in [0.1, 0.15) is 26.3 Å². The second-order valence-corrected chi connectivity index (χ2v) is 4.29. The van der Waals surface area contributed by atoms with Gasteiger partial charge in [-0.3, -0.25) is 0 Å². The first-order valence-corrected chi connectivity index (χ1v) is 6.58. The van der Waals surface area contributed by atoms with Crippen molar-refractivity contribution in [3.63, 3.8) is 0 Å². The van der Waals surface area contributed by atoms with Gasteiger partial charge in [0.1, 0.15) is 0 Å². The molecule has 0 N–H and O–H groups in total. The van der Waals surface area contributed by atoms with Crippen LogP contribution in [-0.4, -0.2) is 0 Å². The number of hydrogen-bond acceptors (Lipinski definition) is 0. The largest absolute Gasteiger partial charge is 0.0984 e. The van der Waals surface area contributed by atoms with Crippen LogP contribution in [0.15, 0.2) is 84.5 Å². The number of allylic oxidation sites excluding steroid dienone is 9. The molecule has 0 unspecified atom stereocenters. The average Bonchev–Trinajstić information content (AvgIpc) is 2.47. The molecule has 0 spiro atoms. The van der Waals surface area contributed by atoms with Gasteiger partial charge < -0.3 is 0 Å². The summed E-state index contributed by atoms with van der Waals surface area (Å²) in [7, 11) is 0. The van der Waals surface area contributed by atoms with Crippen molar-refractivity contribution in [2.45, 2.75) is 20.8 Å². The Labute approximate surface area is 117 Å². The van der Waals surface area contributed by atoms with E-state index in [2.05, 4.69) is 62.1 Å². The molecule has 0 heteroatoms. The van der Waals surface area contributed by atoms with Gasteiger partial charge in [-0.1, -0.05) is 73.4 Å². The molecule has 1 aromatic rings. The fourth-order valence-corrected chi connectivity index (χ4v) is 1.83. The molecule has 0 saturated heterocycles. The molecule has 0 heterocycles. The monoisotopic (exact) mass is 250 g/mol. The van der Waals surface area contributed by atoms with Gasteiger partial charge in [0.25, 0.3) is 0 Å². The van der Waals surface area contributed by atoms with Crippen molar-refractivity contribution < 1.29 is 0 Å². The van der Waals surface area contributed by atoms with Crippen molar-refractivity contribution in [2.24, 2.45) is 0 Å². The van der Waals surface area contributed by atoms with Gasteiger partial charge in [-0.25, -0.2) is 0 Å². The van der Waals surface area contributed by atoms with Crippen molar-refractivity contribution in [1.82, 2.24) is 0 Å². The molecule has 0 aliphatic carbocycles. The summed E-state index contributed by atoms with van der Waals surface area (Å²) in [6.07, 6.45) is 12.4. The maximum Gasteiger partial charge on any atom is -0.0193 e. The highest BCUT2D eigenvalue weighted by molar-refractivity contribution is 5.66. The van der Waals surface area contributed by atoms with Gasteiger partial charge in [0.15, 0.2) is 0 Å². The Hall–Kier alpha value is -2.08. The highest BCUT2D eigenvalue weighted by atomic mass is 14.0. The Morgan fingerprint density at radius 2 is 1.68 bits per heavy atom. The minimum Gasteiger partial charge on any atom is -0.0984 e. The van der Waals surface area contributed by atoms with E-state index in [-0.39, 0.29) is 0 Å². The summed E-state index contributed by atoms with van der Waals surface area (Å²) in [6, 6.07) is 10.4. The molecule has 0 atom stereocenters. The lowest BCUT2D eigenvalue weighted by atomic mass is 10.0. The number of benzene rings is 1. The zero-order valence-electron chi connectivity index (χ0n) is 12.1. The zero-order valence-corrected chi connectivity index (χ0v) is 12.1. The SMILES string of the molecule is C=CC(=C\C=C(/C)c1ccccc1)/C(/C=C\C)=C/C. The van der Waals surface area contributed by atoms with Crippen LogP contribution < -0.4 is 0 Å². The van der Waals surface area contributed by atoms with Crippen LogP contribution in [0.2, 0.25) is 0 Å². The standard InChI is InChI=1S/C19H22/c1-5-11-17(6-2)18(7-3)15-14-16(4)19-12-9-8-10-13-19/h5-15H,3H2,1-2,4H3/b11-5-,16-14+,17-6+,18-15+. The van der Waals surface area contributed by atoms with Crippen molar-refractivity contribution in [2.75, 3.05) is 0 Å². The summed E-state index contributed by atoms with van der Waals surface area (Å²) in [4.78, 5) is 0. The maximum absolute atomic E-state index is 3.89. The maximum atomic E-state index is 3.89. The van der Waals surface area contributed by atoms with Gasteiger partial charge >= 0.3 is 0 Å². The summed E-state index contributed by atoms with van der Waals surface area (Å²) < 4.78 is 0. The van der Waals surface area contributed by atoms with Gasteiger partial charge in [-0.2, -0.15) is 0 Å². The zero-order chi connectivity index (χ0) is 14.1. The van der Waals surface area contributed by atoms with Gasteiger partial charge in [0.05, 0.1) is 0 Å². The van der Waals surface area contributed by atoms with Crippen molar-refractivity contribution in [1.29, 1.82) is 0 Å². The fourth-order valence-electron chi connectivity index (χ4n) is 1.83. The molecular formula is C19H22. The minimum absolute atomic E-state index is 1.14. The summed E-state index contributed by atoms with van der Waals surface area (Å²) in [5.41, 5.74) is 4.82. The molecule has 0 bridgehead atoms. The van der Waals surface area contributed by atoms with Crippen LogP contribution in [-0.2, 0) is 0 Å². The molecule has 0 nitrogen and oxygen atoms in total. The van der Waals surface area contributed by atoms with Crippen LogP contribution in [0.5, 0.6) is 0 Å². The Morgan fingerprint density at radius 1 is 1.00 bits per heavy atom. The molecular weight excluding hydrogens is 228 g/mol. The summed E-state index contributed by atoms with van der Waals surface area (Å²) in [5.74, 6) is 0. The molecule has 98 valence electrons. The molecule has 0 amide bonds. The van der Waals surface area contributed by atoms with Crippen molar-refractivity contribution in [3.8, 4) is 0 Å². The summed E-state index contributed by atoms with van der Waals surface area (Å²) in [5, 5.41) is 0. The van der Waals surface area contributed by atoms with E-state index in [4.69, 9.17) is 0 Å². The first kappa shape index (κ1) is 15.0. The van der Waals surface area contributed by atoms with E-state index in [1.54, 1.807) is 0 Å². The third kappa shape index (κ3) is 4.59.